The Morgan fingerprint density at radius 2 is 1.71 bits per heavy atom. The molecular formula is C16H24N2O3. The lowest BCUT2D eigenvalue weighted by Crippen LogP contribution is -2.54. The van der Waals surface area contributed by atoms with Crippen LogP contribution in [0.4, 0.5) is 0 Å². The van der Waals surface area contributed by atoms with Crippen molar-refractivity contribution in [2.75, 3.05) is 20.8 Å². The van der Waals surface area contributed by atoms with Crippen LogP contribution in [-0.4, -0.2) is 32.2 Å². The smallest absolute Gasteiger partial charge is 0.252 e. The molecule has 0 atom stereocenters. The summed E-state index contributed by atoms with van der Waals surface area (Å²) in [6, 6.07) is 5.17. The van der Waals surface area contributed by atoms with Crippen molar-refractivity contribution in [2.45, 2.75) is 37.6 Å². The molecular weight excluding hydrogens is 268 g/mol. The zero-order valence-corrected chi connectivity index (χ0v) is 12.8. The van der Waals surface area contributed by atoms with Crippen LogP contribution in [0.5, 0.6) is 11.5 Å². The van der Waals surface area contributed by atoms with Gasteiger partial charge in [0.15, 0.2) is 0 Å². The maximum atomic E-state index is 12.5. The Labute approximate surface area is 125 Å². The molecule has 3 N–H and O–H groups in total. The van der Waals surface area contributed by atoms with Gasteiger partial charge in [0.1, 0.15) is 11.5 Å². The van der Waals surface area contributed by atoms with Crippen LogP contribution in [-0.2, 0) is 0 Å². The molecule has 1 amide bonds. The average molecular weight is 292 g/mol. The van der Waals surface area contributed by atoms with Gasteiger partial charge in [-0.1, -0.05) is 19.3 Å². The predicted octanol–water partition coefficient (Wildman–Crippen LogP) is 2.10. The SMILES string of the molecule is COc1cc(OC)cc(C(=O)NC2(CN)CCCCC2)c1. The van der Waals surface area contributed by atoms with Crippen molar-refractivity contribution in [3.05, 3.63) is 23.8 Å². The number of hydrogen-bond donors (Lipinski definition) is 2. The van der Waals surface area contributed by atoms with E-state index < -0.39 is 0 Å². The van der Waals surface area contributed by atoms with E-state index in [2.05, 4.69) is 5.32 Å². The van der Waals surface area contributed by atoms with Crippen molar-refractivity contribution >= 4 is 5.91 Å². The Bertz CT molecular complexity index is 474. The van der Waals surface area contributed by atoms with Crippen molar-refractivity contribution in [1.29, 1.82) is 0 Å². The van der Waals surface area contributed by atoms with Crippen LogP contribution < -0.4 is 20.5 Å². The number of ether oxygens (including phenoxy) is 2. The van der Waals surface area contributed by atoms with Crippen LogP contribution in [0.2, 0.25) is 0 Å². The zero-order valence-electron chi connectivity index (χ0n) is 12.8. The third kappa shape index (κ3) is 3.67. The summed E-state index contributed by atoms with van der Waals surface area (Å²) < 4.78 is 10.4. The minimum Gasteiger partial charge on any atom is -0.497 e. The van der Waals surface area contributed by atoms with E-state index >= 15 is 0 Å². The number of hydrogen-bond acceptors (Lipinski definition) is 4. The van der Waals surface area contributed by atoms with Gasteiger partial charge >= 0.3 is 0 Å². The summed E-state index contributed by atoms with van der Waals surface area (Å²) in [7, 11) is 3.14. The van der Waals surface area contributed by atoms with Crippen LogP contribution in [0.15, 0.2) is 18.2 Å². The number of nitrogens with two attached hydrogens (primary N) is 1. The Hall–Kier alpha value is -1.75. The number of carbonyl (C=O) groups excluding carboxylic acids is 1. The third-order valence-corrected chi connectivity index (χ3v) is 4.19. The Morgan fingerprint density at radius 3 is 2.19 bits per heavy atom. The van der Waals surface area contributed by atoms with Crippen molar-refractivity contribution in [1.82, 2.24) is 5.32 Å². The number of nitrogens with one attached hydrogen (secondary N) is 1. The second-order valence-electron chi connectivity index (χ2n) is 5.60. The molecule has 1 aromatic rings. The number of carbonyl (C=O) groups is 1. The molecule has 1 aromatic carbocycles. The molecule has 21 heavy (non-hydrogen) atoms. The van der Waals surface area contributed by atoms with Crippen LogP contribution >= 0.6 is 0 Å². The van der Waals surface area contributed by atoms with Gasteiger partial charge in [-0.05, 0) is 25.0 Å². The summed E-state index contributed by atoms with van der Waals surface area (Å²) in [5.41, 5.74) is 6.17. The summed E-state index contributed by atoms with van der Waals surface area (Å²) >= 11 is 0. The lowest BCUT2D eigenvalue weighted by Gasteiger charge is -2.37. The summed E-state index contributed by atoms with van der Waals surface area (Å²) in [4.78, 5) is 12.5. The maximum absolute atomic E-state index is 12.5. The Morgan fingerprint density at radius 1 is 1.14 bits per heavy atom. The van der Waals surface area contributed by atoms with E-state index in [4.69, 9.17) is 15.2 Å². The molecule has 1 saturated carbocycles. The molecule has 5 nitrogen and oxygen atoms in total. The number of amides is 1. The van der Waals surface area contributed by atoms with E-state index in [0.29, 0.717) is 23.6 Å². The van der Waals surface area contributed by atoms with Gasteiger partial charge in [-0.3, -0.25) is 4.79 Å². The van der Waals surface area contributed by atoms with Crippen molar-refractivity contribution in [3.8, 4) is 11.5 Å². The molecule has 1 fully saturated rings. The summed E-state index contributed by atoms with van der Waals surface area (Å²) in [6.45, 7) is 0.472. The summed E-state index contributed by atoms with van der Waals surface area (Å²) in [5.74, 6) is 1.08. The minimum atomic E-state index is -0.272. The van der Waals surface area contributed by atoms with Gasteiger partial charge in [0, 0.05) is 18.2 Å². The molecule has 0 bridgehead atoms. The van der Waals surface area contributed by atoms with E-state index in [9.17, 15) is 4.79 Å². The first kappa shape index (κ1) is 15.6. The van der Waals surface area contributed by atoms with E-state index in [0.717, 1.165) is 25.7 Å². The molecule has 0 saturated heterocycles. The standard InChI is InChI=1S/C16H24N2O3/c1-20-13-8-12(9-14(10-13)21-2)15(19)18-16(11-17)6-4-3-5-7-16/h8-10H,3-7,11,17H2,1-2H3,(H,18,19). The van der Waals surface area contributed by atoms with Gasteiger partial charge in [-0.2, -0.15) is 0 Å². The van der Waals surface area contributed by atoms with Crippen LogP contribution in [0.3, 0.4) is 0 Å². The highest BCUT2D eigenvalue weighted by molar-refractivity contribution is 5.95. The highest BCUT2D eigenvalue weighted by Crippen LogP contribution is 2.28. The second-order valence-corrected chi connectivity index (χ2v) is 5.60. The lowest BCUT2D eigenvalue weighted by atomic mass is 9.81. The van der Waals surface area contributed by atoms with Gasteiger partial charge in [0.05, 0.1) is 19.8 Å². The van der Waals surface area contributed by atoms with Gasteiger partial charge in [-0.25, -0.2) is 0 Å². The van der Waals surface area contributed by atoms with Crippen LogP contribution in [0, 0.1) is 0 Å². The highest BCUT2D eigenvalue weighted by atomic mass is 16.5. The number of rotatable bonds is 5. The fourth-order valence-corrected chi connectivity index (χ4v) is 2.86. The first-order valence-corrected chi connectivity index (χ1v) is 7.38. The van der Waals surface area contributed by atoms with Crippen LogP contribution in [0.25, 0.3) is 0 Å². The predicted molar refractivity (Wildman–Crippen MR) is 81.9 cm³/mol. The molecule has 0 aromatic heterocycles. The molecule has 116 valence electrons. The number of benzene rings is 1. The molecule has 0 radical (unpaired) electrons. The van der Waals surface area contributed by atoms with Crippen molar-refractivity contribution in [2.24, 2.45) is 5.73 Å². The van der Waals surface area contributed by atoms with Gasteiger partial charge in [0.2, 0.25) is 0 Å². The Balaban J connectivity index is 2.19. The van der Waals surface area contributed by atoms with Gasteiger partial charge in [-0.15, -0.1) is 0 Å². The highest BCUT2D eigenvalue weighted by Gasteiger charge is 2.32. The molecule has 0 heterocycles. The molecule has 1 aliphatic rings. The van der Waals surface area contributed by atoms with Gasteiger partial charge in [0.25, 0.3) is 5.91 Å². The van der Waals surface area contributed by atoms with E-state index in [1.54, 1.807) is 32.4 Å². The molecule has 0 unspecified atom stereocenters. The van der Waals surface area contributed by atoms with E-state index in [-0.39, 0.29) is 11.4 Å². The quantitative estimate of drug-likeness (QED) is 0.871. The zero-order chi connectivity index (χ0) is 15.3. The van der Waals surface area contributed by atoms with Crippen molar-refractivity contribution in [3.63, 3.8) is 0 Å². The van der Waals surface area contributed by atoms with E-state index in [1.165, 1.54) is 6.42 Å². The largest absolute Gasteiger partial charge is 0.497 e. The minimum absolute atomic E-state index is 0.125. The van der Waals surface area contributed by atoms with Gasteiger partial charge < -0.3 is 20.5 Å². The molecule has 1 aliphatic carbocycles. The van der Waals surface area contributed by atoms with Crippen LogP contribution in [0.1, 0.15) is 42.5 Å². The molecule has 5 heteroatoms. The fourth-order valence-electron chi connectivity index (χ4n) is 2.86. The normalized spacial score (nSPS) is 17.1. The summed E-state index contributed by atoms with van der Waals surface area (Å²) in [5, 5.41) is 3.13. The monoisotopic (exact) mass is 292 g/mol. The second kappa shape index (κ2) is 6.80. The van der Waals surface area contributed by atoms with E-state index in [1.807, 2.05) is 0 Å². The molecule has 0 aliphatic heterocycles. The topological polar surface area (TPSA) is 73.6 Å². The lowest BCUT2D eigenvalue weighted by molar-refractivity contribution is 0.0874. The van der Waals surface area contributed by atoms with Crippen molar-refractivity contribution < 1.29 is 14.3 Å². The average Bonchev–Trinajstić information content (AvgIpc) is 2.55. The maximum Gasteiger partial charge on any atom is 0.252 e. The third-order valence-electron chi connectivity index (χ3n) is 4.19. The first-order valence-electron chi connectivity index (χ1n) is 7.38. The molecule has 2 rings (SSSR count). The fraction of sp³-hybridized carbons (Fsp3) is 0.562. The molecule has 0 spiro atoms. The Kier molecular flexibility index (Phi) is 5.07. The first-order chi connectivity index (χ1) is 10.1. The number of methoxy groups -OCH3 is 2. The summed E-state index contributed by atoms with van der Waals surface area (Å²) in [6.07, 6.45) is 5.31.